The number of hydrogen-bond acceptors (Lipinski definition) is 3. The second-order valence-corrected chi connectivity index (χ2v) is 8.03. The van der Waals surface area contributed by atoms with Crippen LogP contribution in [0.5, 0.6) is 0 Å². The maximum Gasteiger partial charge on any atom is 0.423 e. The summed E-state index contributed by atoms with van der Waals surface area (Å²) in [4.78, 5) is 24.3. The number of nitrogens with one attached hydrogen (secondary N) is 1. The number of imide groups is 1. The number of rotatable bonds is 17. The average molecular weight is 395 g/mol. The predicted molar refractivity (Wildman–Crippen MR) is 115 cm³/mol. The summed E-state index contributed by atoms with van der Waals surface area (Å²) in [6.45, 7) is 6.59. The molecule has 1 rings (SSSR count). The molecule has 0 aliphatic carbocycles. The van der Waals surface area contributed by atoms with E-state index in [1.165, 1.54) is 89.9 Å². The van der Waals surface area contributed by atoms with Gasteiger partial charge >= 0.3 is 12.1 Å². The lowest BCUT2D eigenvalue weighted by Gasteiger charge is -2.11. The molecule has 1 fully saturated rings. The first-order chi connectivity index (χ1) is 13.6. The van der Waals surface area contributed by atoms with Crippen LogP contribution in [0.3, 0.4) is 0 Å². The zero-order valence-corrected chi connectivity index (χ0v) is 18.1. The van der Waals surface area contributed by atoms with Crippen molar-refractivity contribution in [1.82, 2.24) is 10.2 Å². The highest BCUT2D eigenvalue weighted by atomic mass is 16.6. The van der Waals surface area contributed by atoms with Gasteiger partial charge in [-0.25, -0.2) is 14.5 Å². The normalized spacial score (nSPS) is 13.8. The van der Waals surface area contributed by atoms with Gasteiger partial charge in [0.15, 0.2) is 0 Å². The fraction of sp³-hybridized carbons (Fsp3) is 0.826. The van der Waals surface area contributed by atoms with Crippen LogP contribution < -0.4 is 5.32 Å². The second-order valence-electron chi connectivity index (χ2n) is 8.03. The van der Waals surface area contributed by atoms with E-state index in [9.17, 15) is 9.59 Å². The Morgan fingerprint density at radius 1 is 0.857 bits per heavy atom. The number of carbonyl (C=O) groups is 2. The van der Waals surface area contributed by atoms with Gasteiger partial charge in [0.1, 0.15) is 5.76 Å². The van der Waals surface area contributed by atoms with Crippen LogP contribution in [0, 0.1) is 0 Å². The van der Waals surface area contributed by atoms with Crippen LogP contribution in [-0.4, -0.2) is 30.1 Å². The highest BCUT2D eigenvalue weighted by Crippen LogP contribution is 2.14. The van der Waals surface area contributed by atoms with Crippen LogP contribution in [0.25, 0.3) is 0 Å². The Labute approximate surface area is 172 Å². The lowest BCUT2D eigenvalue weighted by molar-refractivity contribution is 0.167. The van der Waals surface area contributed by atoms with Crippen molar-refractivity contribution >= 4 is 12.1 Å². The van der Waals surface area contributed by atoms with Crippen LogP contribution >= 0.6 is 0 Å². The van der Waals surface area contributed by atoms with Crippen LogP contribution in [0.1, 0.15) is 110 Å². The molecule has 0 spiro atoms. The van der Waals surface area contributed by atoms with Gasteiger partial charge in [-0.05, 0) is 6.42 Å². The molecule has 1 heterocycles. The molecule has 5 heteroatoms. The molecular weight excluding hydrogens is 352 g/mol. The molecular formula is C23H42N2O3. The Bertz CT molecular complexity index is 451. The zero-order valence-electron chi connectivity index (χ0n) is 18.1. The molecule has 5 nitrogen and oxygen atoms in total. The minimum Gasteiger partial charge on any atom is -0.413 e. The molecule has 0 atom stereocenters. The van der Waals surface area contributed by atoms with Gasteiger partial charge in [-0.15, -0.1) is 0 Å². The summed E-state index contributed by atoms with van der Waals surface area (Å²) < 4.78 is 4.76. The van der Waals surface area contributed by atoms with Crippen LogP contribution in [0.2, 0.25) is 0 Å². The van der Waals surface area contributed by atoms with Crippen molar-refractivity contribution < 1.29 is 14.3 Å². The van der Waals surface area contributed by atoms with Crippen LogP contribution in [-0.2, 0) is 4.74 Å². The number of hydrogen-bond donors (Lipinski definition) is 1. The van der Waals surface area contributed by atoms with Gasteiger partial charge in [-0.1, -0.05) is 110 Å². The van der Waals surface area contributed by atoms with Crippen molar-refractivity contribution in [3.63, 3.8) is 0 Å². The number of unbranched alkanes of at least 4 members (excludes halogenated alkanes) is 15. The molecule has 28 heavy (non-hydrogen) atoms. The predicted octanol–water partition coefficient (Wildman–Crippen LogP) is 6.92. The van der Waals surface area contributed by atoms with Crippen molar-refractivity contribution in [1.29, 1.82) is 0 Å². The zero-order chi connectivity index (χ0) is 20.5. The summed E-state index contributed by atoms with van der Waals surface area (Å²) in [5.41, 5.74) is 0. The van der Waals surface area contributed by atoms with E-state index in [0.29, 0.717) is 12.3 Å². The number of amides is 3. The molecule has 1 N–H and O–H groups in total. The first-order valence-corrected chi connectivity index (χ1v) is 11.6. The summed E-state index contributed by atoms with van der Waals surface area (Å²) in [7, 11) is 0. The molecule has 3 amide bonds. The van der Waals surface area contributed by atoms with Crippen molar-refractivity contribution in [2.75, 3.05) is 13.1 Å². The summed E-state index contributed by atoms with van der Waals surface area (Å²) >= 11 is 0. The highest BCUT2D eigenvalue weighted by Gasteiger charge is 2.30. The maximum absolute atomic E-state index is 11.8. The standard InChI is InChI=1S/C23H42N2O3/c1-3-4-5-6-7-8-9-10-11-12-13-14-15-16-17-18-19-24-22(26)25-20-21(2)28-23(25)27/h2-20H2,1H3,(H,24,26). The highest BCUT2D eigenvalue weighted by molar-refractivity contribution is 5.93. The van der Waals surface area contributed by atoms with Crippen molar-refractivity contribution in [3.05, 3.63) is 12.3 Å². The van der Waals surface area contributed by atoms with Gasteiger partial charge in [-0.2, -0.15) is 0 Å². The van der Waals surface area contributed by atoms with Gasteiger partial charge in [0.05, 0.1) is 6.54 Å². The van der Waals surface area contributed by atoms with Gasteiger partial charge in [-0.3, -0.25) is 0 Å². The fourth-order valence-electron chi connectivity index (χ4n) is 3.57. The van der Waals surface area contributed by atoms with E-state index in [-0.39, 0.29) is 12.6 Å². The summed E-state index contributed by atoms with van der Waals surface area (Å²) in [5.74, 6) is 0.322. The molecule has 0 bridgehead atoms. The van der Waals surface area contributed by atoms with Crippen molar-refractivity contribution in [2.24, 2.45) is 0 Å². The monoisotopic (exact) mass is 394 g/mol. The van der Waals surface area contributed by atoms with E-state index < -0.39 is 6.09 Å². The number of nitrogens with zero attached hydrogens (tertiary/aromatic N) is 1. The van der Waals surface area contributed by atoms with Crippen molar-refractivity contribution in [2.45, 2.75) is 110 Å². The minimum atomic E-state index is -0.630. The SMILES string of the molecule is C=C1CN(C(=O)NCCCCCCCCCCCCCCCCCC)C(=O)O1. The molecule has 0 aromatic carbocycles. The third-order valence-corrected chi connectivity index (χ3v) is 5.34. The van der Waals surface area contributed by atoms with E-state index in [1.54, 1.807) is 0 Å². The Morgan fingerprint density at radius 3 is 1.68 bits per heavy atom. The third-order valence-electron chi connectivity index (χ3n) is 5.34. The number of cyclic esters (lactones) is 1. The molecule has 0 aromatic rings. The molecule has 0 aromatic heterocycles. The quantitative estimate of drug-likeness (QED) is 0.272. The molecule has 1 aliphatic rings. The maximum atomic E-state index is 11.8. The lowest BCUT2D eigenvalue weighted by Crippen LogP contribution is -2.40. The van der Waals surface area contributed by atoms with E-state index in [4.69, 9.17) is 4.74 Å². The molecule has 0 unspecified atom stereocenters. The average Bonchev–Trinajstić information content (AvgIpc) is 3.02. The van der Waals surface area contributed by atoms with Gasteiger partial charge in [0.25, 0.3) is 0 Å². The van der Waals surface area contributed by atoms with E-state index in [0.717, 1.165) is 17.7 Å². The molecule has 162 valence electrons. The van der Waals surface area contributed by atoms with Gasteiger partial charge in [0, 0.05) is 6.54 Å². The number of urea groups is 1. The smallest absolute Gasteiger partial charge is 0.413 e. The third kappa shape index (κ3) is 12.0. The van der Waals surface area contributed by atoms with E-state index in [1.807, 2.05) is 0 Å². The molecule has 0 saturated carbocycles. The lowest BCUT2D eigenvalue weighted by atomic mass is 10.0. The number of ether oxygens (including phenoxy) is 1. The first-order valence-electron chi connectivity index (χ1n) is 11.6. The topological polar surface area (TPSA) is 58.6 Å². The minimum absolute atomic E-state index is 0.156. The van der Waals surface area contributed by atoms with Gasteiger partial charge in [0.2, 0.25) is 0 Å². The van der Waals surface area contributed by atoms with Crippen LogP contribution in [0.15, 0.2) is 12.3 Å². The summed E-state index contributed by atoms with van der Waals surface area (Å²) in [6.07, 6.45) is 20.7. The van der Waals surface area contributed by atoms with Crippen LogP contribution in [0.4, 0.5) is 9.59 Å². The molecule has 1 aliphatic heterocycles. The Balaban J connectivity index is 1.77. The number of carbonyl (C=O) groups excluding carboxylic acids is 2. The first kappa shape index (κ1) is 24.5. The summed E-state index contributed by atoms with van der Waals surface area (Å²) in [5, 5.41) is 2.77. The molecule has 0 radical (unpaired) electrons. The Kier molecular flexibility index (Phi) is 14.4. The fourth-order valence-corrected chi connectivity index (χ4v) is 3.57. The van der Waals surface area contributed by atoms with E-state index in [2.05, 4.69) is 18.8 Å². The second kappa shape index (κ2) is 16.4. The van der Waals surface area contributed by atoms with Crippen molar-refractivity contribution in [3.8, 4) is 0 Å². The summed E-state index contributed by atoms with van der Waals surface area (Å²) in [6, 6.07) is -0.385. The molecule has 1 saturated heterocycles. The Morgan fingerprint density at radius 2 is 1.29 bits per heavy atom. The Hall–Kier alpha value is -1.52. The van der Waals surface area contributed by atoms with Gasteiger partial charge < -0.3 is 10.1 Å². The largest absolute Gasteiger partial charge is 0.423 e. The van der Waals surface area contributed by atoms with E-state index >= 15 is 0 Å².